The van der Waals surface area contributed by atoms with Crippen LogP contribution in [0.1, 0.15) is 39.0 Å². The highest BCUT2D eigenvalue weighted by molar-refractivity contribution is 7.18. The third-order valence-corrected chi connectivity index (χ3v) is 5.26. The summed E-state index contributed by atoms with van der Waals surface area (Å²) >= 11 is 13.5. The normalized spacial score (nSPS) is 14.6. The second-order valence-corrected chi connectivity index (χ2v) is 7.11. The third kappa shape index (κ3) is 5.54. The zero-order valence-electron chi connectivity index (χ0n) is 13.2. The van der Waals surface area contributed by atoms with Crippen LogP contribution < -0.4 is 11.1 Å². The van der Waals surface area contributed by atoms with Crippen LogP contribution in [0.2, 0.25) is 10.2 Å². The lowest BCUT2D eigenvalue weighted by Crippen LogP contribution is -2.22. The van der Waals surface area contributed by atoms with Gasteiger partial charge in [0.1, 0.15) is 10.7 Å². The second-order valence-electron chi connectivity index (χ2n) is 5.43. The molecule has 3 nitrogen and oxygen atoms in total. The molecule has 3 N–H and O–H groups in total. The van der Waals surface area contributed by atoms with Gasteiger partial charge in [-0.2, -0.15) is 0 Å². The standard InChI is InChI=1S/C11H8Cl2N2S.C6H13N/c1-2-3-4-14-8-5-9(13)15-10-7(12)6-16-11(8)10;7-6-4-2-1-3-5-6/h5-6H,4H2,1H3,(H,14,15);6H,1-5,7H2. The van der Waals surface area contributed by atoms with Crippen molar-refractivity contribution < 1.29 is 0 Å². The molecular formula is C17H21Cl2N3S. The molecule has 0 aliphatic heterocycles. The Bertz CT molecular complexity index is 697. The number of nitrogens with one attached hydrogen (secondary N) is 1. The van der Waals surface area contributed by atoms with Crippen LogP contribution in [-0.2, 0) is 0 Å². The van der Waals surface area contributed by atoms with Gasteiger partial charge in [-0.05, 0) is 19.8 Å². The van der Waals surface area contributed by atoms with Gasteiger partial charge in [0, 0.05) is 17.5 Å². The number of anilines is 1. The van der Waals surface area contributed by atoms with Crippen molar-refractivity contribution in [1.29, 1.82) is 0 Å². The van der Waals surface area contributed by atoms with E-state index in [1.165, 1.54) is 32.1 Å². The first-order valence-electron chi connectivity index (χ1n) is 7.74. The van der Waals surface area contributed by atoms with Crippen molar-refractivity contribution in [3.05, 3.63) is 21.6 Å². The van der Waals surface area contributed by atoms with Gasteiger partial charge in [-0.3, -0.25) is 0 Å². The maximum absolute atomic E-state index is 6.01. The quantitative estimate of drug-likeness (QED) is 0.556. The summed E-state index contributed by atoms with van der Waals surface area (Å²) in [5.41, 5.74) is 7.30. The number of hydrogen-bond donors (Lipinski definition) is 2. The number of nitrogens with zero attached hydrogens (tertiary/aromatic N) is 1. The molecule has 124 valence electrons. The first-order chi connectivity index (χ1) is 11.1. The molecule has 3 rings (SSSR count). The number of nitrogens with two attached hydrogens (primary N) is 1. The van der Waals surface area contributed by atoms with Gasteiger partial charge >= 0.3 is 0 Å². The van der Waals surface area contributed by atoms with Gasteiger partial charge in [0.25, 0.3) is 0 Å². The topological polar surface area (TPSA) is 50.9 Å². The molecule has 23 heavy (non-hydrogen) atoms. The molecule has 0 atom stereocenters. The SMILES string of the molecule is CC#CCNc1cc(Cl)nc2c(Cl)csc12.NC1CCCCC1. The molecule has 0 spiro atoms. The van der Waals surface area contributed by atoms with Crippen molar-refractivity contribution >= 4 is 50.4 Å². The summed E-state index contributed by atoms with van der Waals surface area (Å²) in [6, 6.07) is 2.32. The lowest BCUT2D eigenvalue weighted by Gasteiger charge is -2.15. The minimum Gasteiger partial charge on any atom is -0.373 e. The predicted molar refractivity (Wildman–Crippen MR) is 103 cm³/mol. The van der Waals surface area contributed by atoms with E-state index in [2.05, 4.69) is 22.1 Å². The van der Waals surface area contributed by atoms with Crippen molar-refractivity contribution in [2.45, 2.75) is 45.1 Å². The molecule has 0 bridgehead atoms. The molecule has 0 saturated heterocycles. The monoisotopic (exact) mass is 369 g/mol. The Morgan fingerprint density at radius 2 is 2.09 bits per heavy atom. The minimum absolute atomic E-state index is 0.430. The average molecular weight is 370 g/mol. The maximum Gasteiger partial charge on any atom is 0.131 e. The second kappa shape index (κ2) is 9.34. The number of thiophene rings is 1. The molecule has 2 aromatic rings. The predicted octanol–water partition coefficient (Wildman–Crippen LogP) is 5.32. The zero-order valence-corrected chi connectivity index (χ0v) is 15.5. The van der Waals surface area contributed by atoms with E-state index in [0.29, 0.717) is 22.8 Å². The molecular weight excluding hydrogens is 349 g/mol. The lowest BCUT2D eigenvalue weighted by molar-refractivity contribution is 0.441. The number of fused-ring (bicyclic) bond motifs is 1. The molecule has 1 saturated carbocycles. The van der Waals surface area contributed by atoms with Crippen molar-refractivity contribution in [3.63, 3.8) is 0 Å². The van der Waals surface area contributed by atoms with Gasteiger partial charge in [-0.1, -0.05) is 48.4 Å². The Labute approximate surface area is 151 Å². The van der Waals surface area contributed by atoms with Gasteiger partial charge in [-0.25, -0.2) is 4.98 Å². The summed E-state index contributed by atoms with van der Waals surface area (Å²) in [7, 11) is 0. The molecule has 6 heteroatoms. The van der Waals surface area contributed by atoms with Gasteiger partial charge in [0.2, 0.25) is 0 Å². The fourth-order valence-electron chi connectivity index (χ4n) is 2.44. The van der Waals surface area contributed by atoms with Crippen LogP contribution in [0.4, 0.5) is 5.69 Å². The number of aromatic nitrogens is 1. The third-order valence-electron chi connectivity index (χ3n) is 3.64. The van der Waals surface area contributed by atoms with Gasteiger partial charge in [0.05, 0.1) is 22.0 Å². The zero-order chi connectivity index (χ0) is 16.7. The first kappa shape index (κ1) is 18.4. The molecule has 2 aromatic heterocycles. The van der Waals surface area contributed by atoms with Crippen LogP contribution >= 0.6 is 34.5 Å². The Balaban J connectivity index is 0.000000229. The summed E-state index contributed by atoms with van der Waals surface area (Å²) in [6.45, 7) is 2.39. The summed E-state index contributed by atoms with van der Waals surface area (Å²) in [4.78, 5) is 4.19. The van der Waals surface area contributed by atoms with Crippen LogP contribution in [0.3, 0.4) is 0 Å². The highest BCUT2D eigenvalue weighted by Crippen LogP contribution is 2.35. The fraction of sp³-hybridized carbons (Fsp3) is 0.471. The van der Waals surface area contributed by atoms with E-state index >= 15 is 0 Å². The van der Waals surface area contributed by atoms with Gasteiger partial charge in [-0.15, -0.1) is 17.3 Å². The smallest absolute Gasteiger partial charge is 0.131 e. The Kier molecular flexibility index (Phi) is 7.45. The van der Waals surface area contributed by atoms with Crippen molar-refractivity contribution in [2.24, 2.45) is 5.73 Å². The first-order valence-corrected chi connectivity index (χ1v) is 9.37. The van der Waals surface area contributed by atoms with E-state index in [1.54, 1.807) is 24.3 Å². The Morgan fingerprint density at radius 3 is 2.70 bits per heavy atom. The Hall–Kier alpha value is -0.990. The number of halogens is 2. The van der Waals surface area contributed by atoms with E-state index in [0.717, 1.165) is 15.9 Å². The van der Waals surface area contributed by atoms with Crippen LogP contribution in [0.15, 0.2) is 11.4 Å². The fourth-order valence-corrected chi connectivity index (χ4v) is 3.82. The lowest BCUT2D eigenvalue weighted by atomic mass is 9.97. The highest BCUT2D eigenvalue weighted by atomic mass is 35.5. The number of pyridine rings is 1. The van der Waals surface area contributed by atoms with Crippen molar-refractivity contribution in [1.82, 2.24) is 4.98 Å². The van der Waals surface area contributed by atoms with E-state index in [-0.39, 0.29) is 0 Å². The molecule has 1 aliphatic carbocycles. The number of hydrogen-bond acceptors (Lipinski definition) is 4. The average Bonchev–Trinajstić information content (AvgIpc) is 2.90. The van der Waals surface area contributed by atoms with E-state index in [9.17, 15) is 0 Å². The van der Waals surface area contributed by atoms with Gasteiger partial charge in [0.15, 0.2) is 0 Å². The van der Waals surface area contributed by atoms with Crippen LogP contribution in [0.25, 0.3) is 10.2 Å². The summed E-state index contributed by atoms with van der Waals surface area (Å²) in [5, 5.41) is 6.11. The molecule has 1 fully saturated rings. The van der Waals surface area contributed by atoms with Gasteiger partial charge < -0.3 is 11.1 Å². The molecule has 2 heterocycles. The molecule has 0 unspecified atom stereocenters. The maximum atomic E-state index is 6.01. The Morgan fingerprint density at radius 1 is 1.35 bits per heavy atom. The summed E-state index contributed by atoms with van der Waals surface area (Å²) < 4.78 is 1.01. The van der Waals surface area contributed by atoms with Crippen molar-refractivity contribution in [2.75, 3.05) is 11.9 Å². The molecule has 0 aromatic carbocycles. The summed E-state index contributed by atoms with van der Waals surface area (Å²) in [6.07, 6.45) is 6.66. The molecule has 1 aliphatic rings. The van der Waals surface area contributed by atoms with Crippen LogP contribution in [0, 0.1) is 11.8 Å². The van der Waals surface area contributed by atoms with Crippen LogP contribution in [0.5, 0.6) is 0 Å². The summed E-state index contributed by atoms with van der Waals surface area (Å²) in [5.74, 6) is 5.76. The number of rotatable bonds is 2. The molecule has 0 radical (unpaired) electrons. The highest BCUT2D eigenvalue weighted by Gasteiger charge is 2.09. The minimum atomic E-state index is 0.430. The van der Waals surface area contributed by atoms with Crippen molar-refractivity contribution in [3.8, 4) is 11.8 Å². The van der Waals surface area contributed by atoms with Crippen LogP contribution in [-0.4, -0.2) is 17.6 Å². The van der Waals surface area contributed by atoms with E-state index in [4.69, 9.17) is 28.9 Å². The largest absolute Gasteiger partial charge is 0.373 e. The van der Waals surface area contributed by atoms with E-state index < -0.39 is 0 Å². The van der Waals surface area contributed by atoms with E-state index in [1.807, 2.05) is 5.38 Å². The molecule has 0 amide bonds.